The van der Waals surface area contributed by atoms with Crippen LogP contribution in [0, 0.1) is 5.41 Å². The lowest BCUT2D eigenvalue weighted by Gasteiger charge is -2.18. The first-order valence-corrected chi connectivity index (χ1v) is 6.62. The van der Waals surface area contributed by atoms with Gasteiger partial charge in [0.05, 0.1) is 5.41 Å². The van der Waals surface area contributed by atoms with Crippen LogP contribution in [-0.2, 0) is 11.2 Å². The fourth-order valence-corrected chi connectivity index (χ4v) is 2.37. The summed E-state index contributed by atoms with van der Waals surface area (Å²) in [5.41, 5.74) is 0.209. The Kier molecular flexibility index (Phi) is 3.85. The summed E-state index contributed by atoms with van der Waals surface area (Å²) < 4.78 is 0. The molecule has 0 aliphatic carbocycles. The monoisotopic (exact) mass is 263 g/mol. The molecule has 1 saturated heterocycles. The van der Waals surface area contributed by atoms with Crippen molar-refractivity contribution in [2.45, 2.75) is 32.6 Å². The molecule has 2 rings (SSSR count). The highest BCUT2D eigenvalue weighted by Crippen LogP contribution is 2.26. The predicted molar refractivity (Wildman–Crippen MR) is 72.0 cm³/mol. The second kappa shape index (κ2) is 5.25. The number of carboxylic acid groups (broad SMARTS) is 1. The molecule has 1 aromatic rings. The van der Waals surface area contributed by atoms with Crippen LogP contribution in [0.25, 0.3) is 0 Å². The molecule has 0 bridgehead atoms. The van der Waals surface area contributed by atoms with Gasteiger partial charge in [0.25, 0.3) is 0 Å². The van der Waals surface area contributed by atoms with E-state index in [4.69, 9.17) is 5.11 Å². The van der Waals surface area contributed by atoms with Crippen LogP contribution in [0.1, 0.15) is 37.7 Å². The van der Waals surface area contributed by atoms with Crippen LogP contribution in [0.4, 0.5) is 0 Å². The normalized spacial score (nSPS) is 20.7. The molecular weight excluding hydrogens is 242 g/mol. The minimum atomic E-state index is -0.828. The summed E-state index contributed by atoms with van der Waals surface area (Å²) >= 11 is 0. The van der Waals surface area contributed by atoms with Crippen LogP contribution in [-0.4, -0.2) is 46.1 Å². The van der Waals surface area contributed by atoms with Crippen molar-refractivity contribution in [2.24, 2.45) is 5.41 Å². The number of rotatable bonds is 4. The predicted octanol–water partition coefficient (Wildman–Crippen LogP) is 1.55. The number of nitrogens with zero attached hydrogens (tertiary/aromatic N) is 3. The molecule has 19 heavy (non-hydrogen) atoms. The third kappa shape index (κ3) is 3.29. The largest absolute Gasteiger partial charge is 0.481 e. The zero-order valence-corrected chi connectivity index (χ0v) is 11.8. The van der Waals surface area contributed by atoms with E-state index < -0.39 is 11.4 Å². The molecular formula is C14H21N3O2. The summed E-state index contributed by atoms with van der Waals surface area (Å²) in [6.07, 6.45) is 3.21. The van der Waals surface area contributed by atoms with E-state index in [9.17, 15) is 4.79 Å². The van der Waals surface area contributed by atoms with Gasteiger partial charge in [0, 0.05) is 30.8 Å². The van der Waals surface area contributed by atoms with Crippen molar-refractivity contribution in [1.82, 2.24) is 14.9 Å². The smallest absolute Gasteiger partial charge is 0.309 e. The maximum atomic E-state index is 11.1. The Morgan fingerprint density at radius 2 is 2.32 bits per heavy atom. The summed E-state index contributed by atoms with van der Waals surface area (Å²) in [7, 11) is 2.11. The minimum Gasteiger partial charge on any atom is -0.481 e. The number of likely N-dealkylation sites (tertiary alicyclic amines) is 1. The molecule has 5 nitrogen and oxygen atoms in total. The van der Waals surface area contributed by atoms with Crippen LogP contribution in [0.2, 0.25) is 0 Å². The minimum absolute atomic E-state index is 0.360. The molecule has 1 aromatic heterocycles. The van der Waals surface area contributed by atoms with Gasteiger partial charge in [0.2, 0.25) is 0 Å². The maximum absolute atomic E-state index is 11.1. The van der Waals surface area contributed by atoms with Crippen LogP contribution in [0.15, 0.2) is 12.3 Å². The van der Waals surface area contributed by atoms with E-state index in [1.807, 2.05) is 6.07 Å². The number of carbonyl (C=O) groups is 1. The van der Waals surface area contributed by atoms with Crippen molar-refractivity contribution in [3.63, 3.8) is 0 Å². The highest BCUT2D eigenvalue weighted by atomic mass is 16.4. The number of aliphatic carboxylic acids is 1. The number of aromatic nitrogens is 2. The van der Waals surface area contributed by atoms with E-state index >= 15 is 0 Å². The Bertz CT molecular complexity index is 474. The van der Waals surface area contributed by atoms with E-state index in [2.05, 4.69) is 21.9 Å². The fraction of sp³-hybridized carbons (Fsp3) is 0.643. The molecule has 1 fully saturated rings. The Morgan fingerprint density at radius 1 is 1.58 bits per heavy atom. The van der Waals surface area contributed by atoms with Crippen molar-refractivity contribution >= 4 is 5.97 Å². The van der Waals surface area contributed by atoms with Gasteiger partial charge in [0.15, 0.2) is 0 Å². The van der Waals surface area contributed by atoms with Crippen LogP contribution < -0.4 is 0 Å². The zero-order valence-electron chi connectivity index (χ0n) is 11.8. The third-order valence-electron chi connectivity index (χ3n) is 3.72. The van der Waals surface area contributed by atoms with E-state index in [0.717, 1.165) is 25.2 Å². The molecule has 0 spiro atoms. The van der Waals surface area contributed by atoms with E-state index in [1.165, 1.54) is 0 Å². The molecule has 104 valence electrons. The Morgan fingerprint density at radius 3 is 2.89 bits per heavy atom. The van der Waals surface area contributed by atoms with Gasteiger partial charge in [-0.15, -0.1) is 0 Å². The number of hydrogen-bond donors (Lipinski definition) is 1. The Labute approximate surface area is 113 Å². The summed E-state index contributed by atoms with van der Waals surface area (Å²) in [5.74, 6) is 0.251. The van der Waals surface area contributed by atoms with Crippen molar-refractivity contribution < 1.29 is 9.90 Å². The van der Waals surface area contributed by atoms with Crippen molar-refractivity contribution in [1.29, 1.82) is 0 Å². The Hall–Kier alpha value is -1.49. The first-order valence-electron chi connectivity index (χ1n) is 6.62. The standard InChI is InChI=1S/C14H21N3O2/c1-14(2,13(18)19)8-12-15-6-4-11(16-12)10-5-7-17(3)9-10/h4,6,10H,5,7-9H2,1-3H3,(H,18,19). The van der Waals surface area contributed by atoms with Gasteiger partial charge in [-0.3, -0.25) is 4.79 Å². The second-order valence-corrected chi connectivity index (χ2v) is 6.01. The van der Waals surface area contributed by atoms with E-state index in [0.29, 0.717) is 18.2 Å². The molecule has 0 saturated carbocycles. The summed E-state index contributed by atoms with van der Waals surface area (Å²) in [5, 5.41) is 9.16. The molecule has 2 heterocycles. The van der Waals surface area contributed by atoms with Gasteiger partial charge < -0.3 is 10.0 Å². The summed E-state index contributed by atoms with van der Waals surface area (Å²) in [6, 6.07) is 1.95. The van der Waals surface area contributed by atoms with E-state index in [1.54, 1.807) is 20.0 Å². The molecule has 0 amide bonds. The lowest BCUT2D eigenvalue weighted by Crippen LogP contribution is -2.27. The molecule has 5 heteroatoms. The van der Waals surface area contributed by atoms with Crippen LogP contribution in [0.3, 0.4) is 0 Å². The van der Waals surface area contributed by atoms with E-state index in [-0.39, 0.29) is 0 Å². The fourth-order valence-electron chi connectivity index (χ4n) is 2.37. The average Bonchev–Trinajstić information content (AvgIpc) is 2.75. The molecule has 1 aliphatic heterocycles. The lowest BCUT2D eigenvalue weighted by molar-refractivity contribution is -0.146. The van der Waals surface area contributed by atoms with Gasteiger partial charge in [-0.25, -0.2) is 9.97 Å². The van der Waals surface area contributed by atoms with Crippen molar-refractivity contribution in [3.05, 3.63) is 23.8 Å². The molecule has 0 radical (unpaired) electrons. The summed E-state index contributed by atoms with van der Waals surface area (Å²) in [4.78, 5) is 22.2. The number of likely N-dealkylation sites (N-methyl/N-ethyl adjacent to an activating group) is 1. The maximum Gasteiger partial charge on any atom is 0.309 e. The SMILES string of the molecule is CN1CCC(c2ccnc(CC(C)(C)C(=O)O)n2)C1. The van der Waals surface area contributed by atoms with Gasteiger partial charge in [-0.05, 0) is 39.9 Å². The highest BCUT2D eigenvalue weighted by Gasteiger charge is 2.29. The van der Waals surface area contributed by atoms with Gasteiger partial charge in [0.1, 0.15) is 5.82 Å². The second-order valence-electron chi connectivity index (χ2n) is 6.01. The van der Waals surface area contributed by atoms with Crippen molar-refractivity contribution in [3.8, 4) is 0 Å². The first-order chi connectivity index (χ1) is 8.88. The summed E-state index contributed by atoms with van der Waals surface area (Å²) in [6.45, 7) is 5.51. The van der Waals surface area contributed by atoms with Crippen molar-refractivity contribution in [2.75, 3.05) is 20.1 Å². The molecule has 1 aliphatic rings. The third-order valence-corrected chi connectivity index (χ3v) is 3.72. The molecule has 1 N–H and O–H groups in total. The van der Waals surface area contributed by atoms with Crippen LogP contribution in [0.5, 0.6) is 0 Å². The zero-order chi connectivity index (χ0) is 14.0. The van der Waals surface area contributed by atoms with Gasteiger partial charge in [-0.1, -0.05) is 0 Å². The lowest BCUT2D eigenvalue weighted by atomic mass is 9.89. The van der Waals surface area contributed by atoms with Gasteiger partial charge >= 0.3 is 5.97 Å². The van der Waals surface area contributed by atoms with Gasteiger partial charge in [-0.2, -0.15) is 0 Å². The topological polar surface area (TPSA) is 66.3 Å². The molecule has 0 aromatic carbocycles. The molecule has 1 unspecified atom stereocenters. The average molecular weight is 263 g/mol. The molecule has 1 atom stereocenters. The Balaban J connectivity index is 2.13. The number of carboxylic acids is 1. The van der Waals surface area contributed by atoms with Crippen LogP contribution >= 0.6 is 0 Å². The quantitative estimate of drug-likeness (QED) is 0.892. The highest BCUT2D eigenvalue weighted by molar-refractivity contribution is 5.73. The first kappa shape index (κ1) is 13.9. The number of hydrogen-bond acceptors (Lipinski definition) is 4.